The highest BCUT2D eigenvalue weighted by atomic mass is 16.5. The van der Waals surface area contributed by atoms with Crippen molar-refractivity contribution in [1.82, 2.24) is 4.90 Å². The Kier molecular flexibility index (Phi) is 2.62. The first-order valence-corrected chi connectivity index (χ1v) is 7.51. The van der Waals surface area contributed by atoms with Crippen LogP contribution in [0, 0.1) is 0 Å². The lowest BCUT2D eigenvalue weighted by molar-refractivity contribution is -0.146. The van der Waals surface area contributed by atoms with E-state index in [1.54, 1.807) is 0 Å². The highest BCUT2D eigenvalue weighted by Gasteiger charge is 2.38. The number of ether oxygens (including phenoxy) is 1. The smallest absolute Gasteiger partial charge is 0.336 e. The van der Waals surface area contributed by atoms with E-state index in [1.807, 2.05) is 6.92 Å². The minimum atomic E-state index is -0.0870. The molecule has 3 aliphatic rings. The Labute approximate surface area is 119 Å². The normalized spacial score (nSPS) is 28.4. The van der Waals surface area contributed by atoms with Gasteiger partial charge >= 0.3 is 5.97 Å². The molecule has 3 aliphatic heterocycles. The van der Waals surface area contributed by atoms with Gasteiger partial charge in [-0.2, -0.15) is 0 Å². The van der Waals surface area contributed by atoms with Gasteiger partial charge in [0.15, 0.2) is 0 Å². The molecule has 20 heavy (non-hydrogen) atoms. The Morgan fingerprint density at radius 1 is 1.25 bits per heavy atom. The Morgan fingerprint density at radius 2 is 2.10 bits per heavy atom. The third-order valence-electron chi connectivity index (χ3n) is 4.81. The number of benzene rings is 1. The molecule has 0 N–H and O–H groups in total. The summed E-state index contributed by atoms with van der Waals surface area (Å²) >= 11 is 0. The number of esters is 1. The topological polar surface area (TPSA) is 29.5 Å². The van der Waals surface area contributed by atoms with E-state index < -0.39 is 0 Å². The van der Waals surface area contributed by atoms with E-state index in [0.717, 1.165) is 37.8 Å². The first-order valence-electron chi connectivity index (χ1n) is 7.51. The largest absolute Gasteiger partial charge is 0.459 e. The molecule has 2 atom stereocenters. The summed E-state index contributed by atoms with van der Waals surface area (Å²) in [4.78, 5) is 14.5. The van der Waals surface area contributed by atoms with Crippen LogP contribution in [0.3, 0.4) is 0 Å². The molecule has 0 saturated carbocycles. The maximum absolute atomic E-state index is 12.1. The van der Waals surface area contributed by atoms with Gasteiger partial charge in [0.05, 0.1) is 11.6 Å². The van der Waals surface area contributed by atoms with Crippen molar-refractivity contribution in [3.8, 4) is 0 Å². The maximum atomic E-state index is 12.1. The lowest BCUT2D eigenvalue weighted by Crippen LogP contribution is -2.42. The van der Waals surface area contributed by atoms with Crippen LogP contribution in [0.5, 0.6) is 0 Å². The molecule has 0 fully saturated rings. The fourth-order valence-corrected chi connectivity index (χ4v) is 3.91. The highest BCUT2D eigenvalue weighted by molar-refractivity contribution is 5.90. The van der Waals surface area contributed by atoms with Crippen molar-refractivity contribution in [3.63, 3.8) is 0 Å². The summed E-state index contributed by atoms with van der Waals surface area (Å²) in [5, 5.41) is 0. The van der Waals surface area contributed by atoms with Crippen molar-refractivity contribution in [3.05, 3.63) is 46.7 Å². The average Bonchev–Trinajstić information content (AvgIpc) is 2.46. The molecule has 104 valence electrons. The van der Waals surface area contributed by atoms with Gasteiger partial charge in [0, 0.05) is 18.7 Å². The zero-order valence-corrected chi connectivity index (χ0v) is 11.8. The fourth-order valence-electron chi connectivity index (χ4n) is 3.91. The number of carbonyl (C=O) groups excluding carboxylic acids is 1. The van der Waals surface area contributed by atoms with Crippen molar-refractivity contribution in [2.24, 2.45) is 0 Å². The van der Waals surface area contributed by atoms with Gasteiger partial charge in [0.25, 0.3) is 0 Å². The van der Waals surface area contributed by atoms with E-state index in [2.05, 4.69) is 29.2 Å². The van der Waals surface area contributed by atoms with Crippen LogP contribution in [0.4, 0.5) is 0 Å². The lowest BCUT2D eigenvalue weighted by Gasteiger charge is -2.46. The van der Waals surface area contributed by atoms with Crippen molar-refractivity contribution < 1.29 is 9.53 Å². The van der Waals surface area contributed by atoms with Crippen molar-refractivity contribution in [2.45, 2.75) is 44.8 Å². The molecule has 0 aromatic heterocycles. The van der Waals surface area contributed by atoms with Crippen molar-refractivity contribution in [1.29, 1.82) is 0 Å². The molecule has 0 bridgehead atoms. The van der Waals surface area contributed by atoms with E-state index in [1.165, 1.54) is 16.8 Å². The zero-order chi connectivity index (χ0) is 13.7. The summed E-state index contributed by atoms with van der Waals surface area (Å²) in [6.45, 7) is 3.02. The third kappa shape index (κ3) is 1.69. The van der Waals surface area contributed by atoms with E-state index in [-0.39, 0.29) is 12.1 Å². The SMILES string of the molecule is C[C@H]1CC2=C(CC[C@H]3c4ccccc4CCN23)C(=O)O1. The van der Waals surface area contributed by atoms with E-state index in [4.69, 9.17) is 4.74 Å². The van der Waals surface area contributed by atoms with Gasteiger partial charge in [-0.1, -0.05) is 24.3 Å². The summed E-state index contributed by atoms with van der Waals surface area (Å²) < 4.78 is 5.38. The van der Waals surface area contributed by atoms with Crippen LogP contribution >= 0.6 is 0 Å². The number of carbonyl (C=O) groups is 1. The van der Waals surface area contributed by atoms with E-state index in [0.29, 0.717) is 6.04 Å². The molecule has 1 aromatic rings. The fraction of sp³-hybridized carbons (Fsp3) is 0.471. The third-order valence-corrected chi connectivity index (χ3v) is 4.81. The van der Waals surface area contributed by atoms with Gasteiger partial charge in [-0.05, 0) is 37.3 Å². The van der Waals surface area contributed by atoms with Crippen molar-refractivity contribution in [2.75, 3.05) is 6.54 Å². The summed E-state index contributed by atoms with van der Waals surface area (Å²) in [7, 11) is 0. The quantitative estimate of drug-likeness (QED) is 0.678. The molecule has 0 radical (unpaired) electrons. The molecule has 4 rings (SSSR count). The van der Waals surface area contributed by atoms with Gasteiger partial charge in [0.1, 0.15) is 6.10 Å². The van der Waals surface area contributed by atoms with Gasteiger partial charge < -0.3 is 9.64 Å². The second-order valence-corrected chi connectivity index (χ2v) is 6.04. The molecule has 3 nitrogen and oxygen atoms in total. The molecule has 3 heteroatoms. The van der Waals surface area contributed by atoms with Gasteiger partial charge in [0.2, 0.25) is 0 Å². The molecule has 0 amide bonds. The number of cyclic esters (lactones) is 1. The predicted molar refractivity (Wildman–Crippen MR) is 76.0 cm³/mol. The number of hydrogen-bond acceptors (Lipinski definition) is 3. The molecule has 0 saturated heterocycles. The summed E-state index contributed by atoms with van der Waals surface area (Å²) in [5.74, 6) is -0.0870. The second-order valence-electron chi connectivity index (χ2n) is 6.04. The maximum Gasteiger partial charge on any atom is 0.336 e. The zero-order valence-electron chi connectivity index (χ0n) is 11.8. The number of fused-ring (bicyclic) bond motifs is 4. The molecule has 3 heterocycles. The van der Waals surface area contributed by atoms with Crippen LogP contribution in [0.2, 0.25) is 0 Å². The number of nitrogens with zero attached hydrogens (tertiary/aromatic N) is 1. The molecule has 1 aromatic carbocycles. The van der Waals surface area contributed by atoms with E-state index in [9.17, 15) is 4.79 Å². The van der Waals surface area contributed by atoms with Crippen LogP contribution in [0.25, 0.3) is 0 Å². The van der Waals surface area contributed by atoms with Crippen LogP contribution < -0.4 is 0 Å². The first kappa shape index (κ1) is 12.0. The van der Waals surface area contributed by atoms with E-state index >= 15 is 0 Å². The van der Waals surface area contributed by atoms with Crippen molar-refractivity contribution >= 4 is 5.97 Å². The minimum Gasteiger partial charge on any atom is -0.459 e. The van der Waals surface area contributed by atoms with Gasteiger partial charge in [-0.3, -0.25) is 0 Å². The molecule has 0 spiro atoms. The first-order chi connectivity index (χ1) is 9.74. The molecular formula is C17H19NO2. The van der Waals surface area contributed by atoms with Crippen LogP contribution in [0.1, 0.15) is 43.4 Å². The van der Waals surface area contributed by atoms with Gasteiger partial charge in [-0.25, -0.2) is 4.79 Å². The summed E-state index contributed by atoms with van der Waals surface area (Å²) in [6, 6.07) is 9.21. The molecule has 0 unspecified atom stereocenters. The molecule has 0 aliphatic carbocycles. The van der Waals surface area contributed by atoms with Crippen LogP contribution in [-0.2, 0) is 16.0 Å². The van der Waals surface area contributed by atoms with Gasteiger partial charge in [-0.15, -0.1) is 0 Å². The summed E-state index contributed by atoms with van der Waals surface area (Å²) in [6.07, 6.45) is 3.85. The lowest BCUT2D eigenvalue weighted by atomic mass is 9.83. The Bertz CT molecular complexity index is 605. The Hall–Kier alpha value is -1.77. The summed E-state index contributed by atoms with van der Waals surface area (Å²) in [5.41, 5.74) is 5.11. The monoisotopic (exact) mass is 269 g/mol. The van der Waals surface area contributed by atoms with Crippen LogP contribution in [-0.4, -0.2) is 23.5 Å². The number of hydrogen-bond donors (Lipinski definition) is 0. The standard InChI is InChI=1S/C17H19NO2/c1-11-10-16-14(17(19)20-11)6-7-15-13-5-3-2-4-12(13)8-9-18(15)16/h2-5,11,15H,6-10H2,1H3/t11-,15-/m0/s1. The minimum absolute atomic E-state index is 0.0113. The Balaban J connectivity index is 1.76. The second kappa shape index (κ2) is 4.37. The average molecular weight is 269 g/mol. The molecular weight excluding hydrogens is 250 g/mol. The Morgan fingerprint density at radius 3 is 3.00 bits per heavy atom. The highest BCUT2D eigenvalue weighted by Crippen LogP contribution is 2.44. The number of rotatable bonds is 0. The predicted octanol–water partition coefficient (Wildman–Crippen LogP) is 2.97. The van der Waals surface area contributed by atoms with Crippen LogP contribution in [0.15, 0.2) is 35.5 Å².